The fraction of sp³-hybridized carbons (Fsp3) is 0.567. The fourth-order valence-corrected chi connectivity index (χ4v) is 6.98. The number of rotatable bonds is 8. The third kappa shape index (κ3) is 7.20. The Bertz CT molecular complexity index is 1500. The molecule has 2 aromatic heterocycles. The number of fused-ring (bicyclic) bond motifs is 3. The van der Waals surface area contributed by atoms with Crippen molar-refractivity contribution in [3.05, 3.63) is 40.6 Å². The van der Waals surface area contributed by atoms with Crippen LogP contribution in [0.1, 0.15) is 45.6 Å². The summed E-state index contributed by atoms with van der Waals surface area (Å²) in [6.07, 6.45) is -0.239. The molecule has 43 heavy (non-hydrogen) atoms. The summed E-state index contributed by atoms with van der Waals surface area (Å²) in [5, 5.41) is 3.88. The van der Waals surface area contributed by atoms with Gasteiger partial charge in [-0.15, -0.1) is 0 Å². The maximum atomic E-state index is 14.3. The maximum Gasteiger partial charge on any atom is 0.419 e. The fourth-order valence-electron chi connectivity index (χ4n) is 5.87. The summed E-state index contributed by atoms with van der Waals surface area (Å²) >= 11 is 3.49. The predicted octanol–water partition coefficient (Wildman–Crippen LogP) is 8.14. The second-order valence-electron chi connectivity index (χ2n) is 13.6. The smallest absolute Gasteiger partial charge is 0.419 e. The van der Waals surface area contributed by atoms with Gasteiger partial charge in [-0.05, 0) is 58.2 Å². The van der Waals surface area contributed by atoms with Gasteiger partial charge in [0, 0.05) is 48.5 Å². The first kappa shape index (κ1) is 31.8. The van der Waals surface area contributed by atoms with Gasteiger partial charge in [-0.25, -0.2) is 14.8 Å². The van der Waals surface area contributed by atoms with Gasteiger partial charge in [-0.2, -0.15) is 13.2 Å². The van der Waals surface area contributed by atoms with Crippen molar-refractivity contribution in [3.8, 4) is 11.3 Å². The van der Waals surface area contributed by atoms with Gasteiger partial charge in [0.15, 0.2) is 0 Å². The molecule has 2 fully saturated rings. The summed E-state index contributed by atoms with van der Waals surface area (Å²) in [7, 11) is -1.30. The van der Waals surface area contributed by atoms with Gasteiger partial charge >= 0.3 is 12.3 Å². The van der Waals surface area contributed by atoms with E-state index in [0.717, 1.165) is 35.1 Å². The van der Waals surface area contributed by atoms with Crippen LogP contribution in [0.2, 0.25) is 25.7 Å². The van der Waals surface area contributed by atoms with Crippen molar-refractivity contribution in [3.63, 3.8) is 0 Å². The summed E-state index contributed by atoms with van der Waals surface area (Å²) in [5.41, 5.74) is -0.660. The Labute approximate surface area is 259 Å². The first-order chi connectivity index (χ1) is 20.0. The number of hydrogen-bond donors (Lipinski definition) is 1. The summed E-state index contributed by atoms with van der Waals surface area (Å²) in [6, 6.07) is 6.09. The molecule has 3 unspecified atom stereocenters. The largest absolute Gasteiger partial charge is 0.444 e. The van der Waals surface area contributed by atoms with E-state index in [1.807, 2.05) is 31.4 Å². The van der Waals surface area contributed by atoms with Crippen LogP contribution in [-0.2, 0) is 22.4 Å². The Morgan fingerprint density at radius 3 is 2.60 bits per heavy atom. The van der Waals surface area contributed by atoms with Gasteiger partial charge in [0.1, 0.15) is 17.9 Å². The molecule has 3 atom stereocenters. The summed E-state index contributed by atoms with van der Waals surface area (Å²) in [5.74, 6) is 0.0917. The SMILES string of the molecule is CC(C)(C)OC(=O)N1C2CCC1C(Nc1ncc(C(F)(F)F)c(-c3cn(COCC[Si](C)(C)C)c4cc(Br)ccc34)n1)C2. The van der Waals surface area contributed by atoms with Crippen molar-refractivity contribution in [1.82, 2.24) is 19.4 Å². The number of halogens is 4. The van der Waals surface area contributed by atoms with Crippen LogP contribution in [0.3, 0.4) is 0 Å². The van der Waals surface area contributed by atoms with E-state index < -0.39 is 25.4 Å². The Morgan fingerprint density at radius 1 is 1.19 bits per heavy atom. The minimum Gasteiger partial charge on any atom is -0.444 e. The molecule has 0 saturated carbocycles. The van der Waals surface area contributed by atoms with Gasteiger partial charge in [0.2, 0.25) is 5.95 Å². The monoisotopic (exact) mass is 681 g/mol. The van der Waals surface area contributed by atoms with E-state index in [9.17, 15) is 18.0 Å². The molecular formula is C30H39BrF3N5O3Si. The molecule has 2 saturated heterocycles. The Hall–Kier alpha value is -2.64. The van der Waals surface area contributed by atoms with Gasteiger partial charge < -0.3 is 24.3 Å². The molecule has 2 bridgehead atoms. The van der Waals surface area contributed by atoms with E-state index in [1.54, 1.807) is 23.2 Å². The molecular weight excluding hydrogens is 643 g/mol. The standard InChI is InChI=1S/C30H39BrF3N5O3Si/c1-29(2,3)42-28(40)39-19-8-10-24(39)23(14-19)36-27-35-15-22(30(32,33)34)26(37-27)21-16-38(17-41-11-12-43(4,5)6)25-13-18(31)7-9-20(21)25/h7,9,13,15-16,19,23-24H,8,10-12,14,17H2,1-6H3,(H,35,36,37). The molecule has 1 amide bonds. The zero-order valence-electron chi connectivity index (χ0n) is 25.4. The number of amides is 1. The first-order valence-electron chi connectivity index (χ1n) is 14.6. The topological polar surface area (TPSA) is 81.5 Å². The third-order valence-electron chi connectivity index (χ3n) is 7.88. The second-order valence-corrected chi connectivity index (χ2v) is 20.2. The summed E-state index contributed by atoms with van der Waals surface area (Å²) in [6.45, 7) is 13.1. The van der Waals surface area contributed by atoms with E-state index in [2.05, 4.69) is 50.9 Å². The van der Waals surface area contributed by atoms with Crippen molar-refractivity contribution in [2.45, 2.75) is 102 Å². The summed E-state index contributed by atoms with van der Waals surface area (Å²) in [4.78, 5) is 23.2. The minimum absolute atomic E-state index is 0.00337. The Balaban J connectivity index is 1.46. The highest BCUT2D eigenvalue weighted by Crippen LogP contribution is 2.42. The van der Waals surface area contributed by atoms with Crippen molar-refractivity contribution in [2.24, 2.45) is 0 Å². The number of nitrogens with one attached hydrogen (secondary N) is 1. The molecule has 4 heterocycles. The van der Waals surface area contributed by atoms with Gasteiger partial charge in [0.25, 0.3) is 0 Å². The number of carbonyl (C=O) groups excluding carboxylic acids is 1. The number of aromatic nitrogens is 3. The summed E-state index contributed by atoms with van der Waals surface area (Å²) < 4.78 is 57.1. The quantitative estimate of drug-likeness (QED) is 0.191. The first-order valence-corrected chi connectivity index (χ1v) is 19.1. The van der Waals surface area contributed by atoms with Crippen molar-refractivity contribution >= 4 is 46.9 Å². The zero-order valence-corrected chi connectivity index (χ0v) is 28.0. The van der Waals surface area contributed by atoms with E-state index in [-0.39, 0.29) is 42.6 Å². The van der Waals surface area contributed by atoms with Crippen LogP contribution in [0, 0.1) is 0 Å². The molecule has 13 heteroatoms. The minimum atomic E-state index is -4.66. The molecule has 234 valence electrons. The van der Waals surface area contributed by atoms with Crippen molar-refractivity contribution in [2.75, 3.05) is 11.9 Å². The van der Waals surface area contributed by atoms with Crippen LogP contribution in [0.5, 0.6) is 0 Å². The molecule has 3 aromatic rings. The number of carbonyl (C=O) groups is 1. The third-order valence-corrected chi connectivity index (χ3v) is 10.1. The number of hydrogen-bond acceptors (Lipinski definition) is 6. The van der Waals surface area contributed by atoms with Crippen LogP contribution >= 0.6 is 15.9 Å². The van der Waals surface area contributed by atoms with Gasteiger partial charge in [-0.1, -0.05) is 41.6 Å². The van der Waals surface area contributed by atoms with Crippen LogP contribution in [0.15, 0.2) is 35.1 Å². The lowest BCUT2D eigenvalue weighted by Crippen LogP contribution is -2.42. The Kier molecular flexibility index (Phi) is 8.64. The lowest BCUT2D eigenvalue weighted by molar-refractivity contribution is -0.137. The second kappa shape index (κ2) is 11.7. The zero-order chi connectivity index (χ0) is 31.3. The molecule has 5 rings (SSSR count). The lowest BCUT2D eigenvalue weighted by Gasteiger charge is -2.28. The maximum absolute atomic E-state index is 14.3. The molecule has 8 nitrogen and oxygen atoms in total. The van der Waals surface area contributed by atoms with E-state index in [4.69, 9.17) is 9.47 Å². The van der Waals surface area contributed by atoms with E-state index in [1.165, 1.54) is 0 Å². The highest BCUT2D eigenvalue weighted by Gasteiger charge is 2.50. The Morgan fingerprint density at radius 2 is 1.93 bits per heavy atom. The highest BCUT2D eigenvalue weighted by atomic mass is 79.9. The average molecular weight is 683 g/mol. The molecule has 0 radical (unpaired) electrons. The molecule has 1 N–H and O–H groups in total. The van der Waals surface area contributed by atoms with Crippen LogP contribution in [0.25, 0.3) is 22.2 Å². The lowest BCUT2D eigenvalue weighted by atomic mass is 9.96. The number of nitrogens with zero attached hydrogens (tertiary/aromatic N) is 4. The number of alkyl halides is 3. The highest BCUT2D eigenvalue weighted by molar-refractivity contribution is 9.10. The molecule has 2 aliphatic rings. The molecule has 0 aliphatic carbocycles. The van der Waals surface area contributed by atoms with Crippen LogP contribution < -0.4 is 5.32 Å². The van der Waals surface area contributed by atoms with E-state index in [0.29, 0.717) is 24.0 Å². The van der Waals surface area contributed by atoms with Crippen molar-refractivity contribution < 1.29 is 27.4 Å². The normalized spacial score (nSPS) is 20.7. The number of benzene rings is 1. The average Bonchev–Trinajstić information content (AvgIpc) is 3.55. The van der Waals surface area contributed by atoms with Crippen LogP contribution in [-0.4, -0.2) is 63.9 Å². The molecule has 2 aliphatic heterocycles. The van der Waals surface area contributed by atoms with Crippen molar-refractivity contribution in [1.29, 1.82) is 0 Å². The molecule has 0 spiro atoms. The molecule has 1 aromatic carbocycles. The van der Waals surface area contributed by atoms with E-state index >= 15 is 0 Å². The predicted molar refractivity (Wildman–Crippen MR) is 167 cm³/mol. The van der Waals surface area contributed by atoms with Crippen LogP contribution in [0.4, 0.5) is 23.9 Å². The number of ether oxygens (including phenoxy) is 2. The number of anilines is 1. The van der Waals surface area contributed by atoms with Gasteiger partial charge in [-0.3, -0.25) is 0 Å². The van der Waals surface area contributed by atoms with Gasteiger partial charge in [0.05, 0.1) is 23.3 Å².